The van der Waals surface area contributed by atoms with E-state index < -0.39 is 5.97 Å². The number of esters is 1. The molecule has 0 unspecified atom stereocenters. The van der Waals surface area contributed by atoms with Crippen molar-refractivity contribution in [2.24, 2.45) is 4.99 Å². The molecule has 0 amide bonds. The quantitative estimate of drug-likeness (QED) is 0.314. The van der Waals surface area contributed by atoms with E-state index in [2.05, 4.69) is 18.5 Å². The Labute approximate surface area is 204 Å². The number of benzene rings is 2. The summed E-state index contributed by atoms with van der Waals surface area (Å²) in [6.45, 7) is 10.4. The molecule has 178 valence electrons. The molecule has 1 heterocycles. The molecular weight excluding hydrogens is 450 g/mol. The zero-order valence-electron chi connectivity index (χ0n) is 19.7. The lowest BCUT2D eigenvalue weighted by Crippen LogP contribution is -2.12. The fourth-order valence-electron chi connectivity index (χ4n) is 3.22. The predicted octanol–water partition coefficient (Wildman–Crippen LogP) is 6.41. The molecule has 0 fully saturated rings. The van der Waals surface area contributed by atoms with Crippen molar-refractivity contribution in [2.75, 3.05) is 19.8 Å². The van der Waals surface area contributed by atoms with E-state index >= 15 is 0 Å². The lowest BCUT2D eigenvalue weighted by Gasteiger charge is -2.11. The maximum Gasteiger partial charge on any atom is 0.344 e. The molecule has 2 aromatic rings. The first-order valence-corrected chi connectivity index (χ1v) is 12.0. The highest BCUT2D eigenvalue weighted by Crippen LogP contribution is 2.41. The van der Waals surface area contributed by atoms with Crippen LogP contribution in [0.3, 0.4) is 0 Å². The van der Waals surface area contributed by atoms with Crippen LogP contribution < -0.4 is 9.47 Å². The molecule has 2 aromatic carbocycles. The fourth-order valence-corrected chi connectivity index (χ4v) is 4.25. The van der Waals surface area contributed by atoms with Crippen LogP contribution in [-0.4, -0.2) is 35.9 Å². The molecule has 0 aromatic heterocycles. The fraction of sp³-hybridized carbons (Fsp3) is 0.259. The third kappa shape index (κ3) is 6.11. The van der Waals surface area contributed by atoms with E-state index in [1.165, 1.54) is 17.3 Å². The molecule has 0 saturated heterocycles. The predicted molar refractivity (Wildman–Crippen MR) is 138 cm³/mol. The van der Waals surface area contributed by atoms with E-state index in [0.29, 0.717) is 40.3 Å². The second-order valence-electron chi connectivity index (χ2n) is 7.23. The zero-order valence-corrected chi connectivity index (χ0v) is 20.5. The average Bonchev–Trinajstić information content (AvgIpc) is 3.13. The molecule has 0 radical (unpaired) electrons. The Morgan fingerprint density at radius 2 is 1.82 bits per heavy atom. The zero-order chi connectivity index (χ0) is 24.5. The standard InChI is InChI=1S/C27H29NO5S/c1-5-15-33-21-14-11-19(16-22(21)31-7-3)17-23-25(29)24(27(30)32-8-4)26(34-23)28-20-12-9-18(6-2)10-13-20/h5,9-14,16-17,29H,1,6-8,15H2,2-4H3/b23-17-,28-26?. The number of carbonyl (C=O) groups excluding carboxylic acids is 1. The van der Waals surface area contributed by atoms with Crippen molar-refractivity contribution >= 4 is 34.5 Å². The Balaban J connectivity index is 1.99. The number of aryl methyl sites for hydroxylation is 1. The minimum Gasteiger partial charge on any atom is -0.506 e. The van der Waals surface area contributed by atoms with Crippen LogP contribution in [0, 0.1) is 0 Å². The summed E-state index contributed by atoms with van der Waals surface area (Å²) < 4.78 is 16.5. The SMILES string of the molecule is C=CCOc1ccc(/C=C2\SC(=Nc3ccc(CC)cc3)C(C(=O)OCC)=C2O)cc1OCC. The Morgan fingerprint density at radius 3 is 2.47 bits per heavy atom. The Kier molecular flexibility index (Phi) is 8.99. The molecule has 1 aliphatic rings. The minimum absolute atomic E-state index is 0.0636. The normalized spacial score (nSPS) is 15.6. The van der Waals surface area contributed by atoms with Crippen molar-refractivity contribution in [1.29, 1.82) is 0 Å². The van der Waals surface area contributed by atoms with Gasteiger partial charge in [0.1, 0.15) is 23.0 Å². The van der Waals surface area contributed by atoms with Crippen molar-refractivity contribution in [3.63, 3.8) is 0 Å². The lowest BCUT2D eigenvalue weighted by atomic mass is 10.1. The van der Waals surface area contributed by atoms with Gasteiger partial charge >= 0.3 is 5.97 Å². The van der Waals surface area contributed by atoms with Crippen LogP contribution in [0.4, 0.5) is 5.69 Å². The van der Waals surface area contributed by atoms with Gasteiger partial charge < -0.3 is 19.3 Å². The third-order valence-corrected chi connectivity index (χ3v) is 5.89. The van der Waals surface area contributed by atoms with Crippen molar-refractivity contribution in [2.45, 2.75) is 27.2 Å². The molecule has 1 aliphatic heterocycles. The van der Waals surface area contributed by atoms with E-state index in [9.17, 15) is 9.90 Å². The van der Waals surface area contributed by atoms with Crippen molar-refractivity contribution < 1.29 is 24.1 Å². The van der Waals surface area contributed by atoms with Crippen molar-refractivity contribution in [1.82, 2.24) is 0 Å². The molecular formula is C27H29NO5S. The lowest BCUT2D eigenvalue weighted by molar-refractivity contribution is -0.138. The average molecular weight is 480 g/mol. The van der Waals surface area contributed by atoms with Crippen LogP contribution in [0.2, 0.25) is 0 Å². The van der Waals surface area contributed by atoms with Gasteiger partial charge in [0.15, 0.2) is 11.5 Å². The molecule has 0 spiro atoms. The van der Waals surface area contributed by atoms with Crippen LogP contribution in [0.25, 0.3) is 6.08 Å². The largest absolute Gasteiger partial charge is 0.506 e. The Bertz CT molecular complexity index is 1130. The molecule has 0 aliphatic carbocycles. The summed E-state index contributed by atoms with van der Waals surface area (Å²) >= 11 is 1.22. The van der Waals surface area contributed by atoms with Gasteiger partial charge in [-0.2, -0.15) is 0 Å². The van der Waals surface area contributed by atoms with Crippen LogP contribution in [0.1, 0.15) is 31.9 Å². The van der Waals surface area contributed by atoms with Gasteiger partial charge in [0.25, 0.3) is 0 Å². The van der Waals surface area contributed by atoms with Crippen molar-refractivity contribution in [3.8, 4) is 11.5 Å². The van der Waals surface area contributed by atoms with Gasteiger partial charge in [-0.25, -0.2) is 9.79 Å². The second-order valence-corrected chi connectivity index (χ2v) is 8.26. The highest BCUT2D eigenvalue weighted by atomic mass is 32.2. The Morgan fingerprint density at radius 1 is 1.06 bits per heavy atom. The maximum atomic E-state index is 12.6. The molecule has 1 N–H and O–H groups in total. The van der Waals surface area contributed by atoms with Gasteiger partial charge in [-0.05, 0) is 61.7 Å². The Hall–Kier alpha value is -3.45. The molecule has 6 nitrogen and oxygen atoms in total. The summed E-state index contributed by atoms with van der Waals surface area (Å²) in [5, 5.41) is 11.3. The van der Waals surface area contributed by atoms with Gasteiger partial charge in [-0.3, -0.25) is 0 Å². The number of aliphatic imine (C=N–C) groups is 1. The second kappa shape index (κ2) is 12.1. The highest BCUT2D eigenvalue weighted by molar-refractivity contribution is 8.18. The van der Waals surface area contributed by atoms with E-state index in [4.69, 9.17) is 14.2 Å². The molecule has 7 heteroatoms. The molecule has 0 saturated carbocycles. The number of thioether (sulfide) groups is 1. The maximum absolute atomic E-state index is 12.6. The summed E-state index contributed by atoms with van der Waals surface area (Å²) in [5.74, 6) is 0.425. The first kappa shape index (κ1) is 25.2. The van der Waals surface area contributed by atoms with E-state index in [1.807, 2.05) is 43.3 Å². The molecule has 34 heavy (non-hydrogen) atoms. The summed E-state index contributed by atoms with van der Waals surface area (Å²) in [5.41, 5.74) is 2.73. The smallest absolute Gasteiger partial charge is 0.344 e. The van der Waals surface area contributed by atoms with Crippen LogP contribution in [0.15, 0.2) is 76.3 Å². The summed E-state index contributed by atoms with van der Waals surface area (Å²) in [4.78, 5) is 17.7. The number of rotatable bonds is 10. The molecule has 0 bridgehead atoms. The number of hydrogen-bond acceptors (Lipinski definition) is 7. The number of nitrogens with zero attached hydrogens (tertiary/aromatic N) is 1. The summed E-state index contributed by atoms with van der Waals surface area (Å²) in [7, 11) is 0. The first-order valence-electron chi connectivity index (χ1n) is 11.2. The summed E-state index contributed by atoms with van der Waals surface area (Å²) in [6.07, 6.45) is 4.37. The van der Waals surface area contributed by atoms with Gasteiger partial charge in [-0.1, -0.05) is 49.5 Å². The minimum atomic E-state index is -0.608. The first-order chi connectivity index (χ1) is 16.5. The van der Waals surface area contributed by atoms with Crippen LogP contribution in [0.5, 0.6) is 11.5 Å². The third-order valence-electron chi connectivity index (χ3n) is 4.87. The number of aliphatic hydroxyl groups is 1. The highest BCUT2D eigenvalue weighted by Gasteiger charge is 2.33. The van der Waals surface area contributed by atoms with Crippen LogP contribution >= 0.6 is 11.8 Å². The number of aliphatic hydroxyl groups excluding tert-OH is 1. The van der Waals surface area contributed by atoms with E-state index in [1.54, 1.807) is 25.1 Å². The van der Waals surface area contributed by atoms with E-state index in [-0.39, 0.29) is 17.9 Å². The number of hydrogen-bond donors (Lipinski definition) is 1. The summed E-state index contributed by atoms with van der Waals surface area (Å²) in [6, 6.07) is 13.3. The molecule has 3 rings (SSSR count). The topological polar surface area (TPSA) is 77.4 Å². The molecule has 0 atom stereocenters. The monoisotopic (exact) mass is 479 g/mol. The van der Waals surface area contributed by atoms with Crippen molar-refractivity contribution in [3.05, 3.63) is 82.5 Å². The van der Waals surface area contributed by atoms with Gasteiger partial charge in [0, 0.05) is 0 Å². The number of ether oxygens (including phenoxy) is 3. The van der Waals surface area contributed by atoms with Gasteiger partial charge in [-0.15, -0.1) is 0 Å². The van der Waals surface area contributed by atoms with Gasteiger partial charge in [0.2, 0.25) is 0 Å². The van der Waals surface area contributed by atoms with Gasteiger partial charge in [0.05, 0.1) is 23.8 Å². The van der Waals surface area contributed by atoms with Crippen LogP contribution in [-0.2, 0) is 16.0 Å². The number of carbonyl (C=O) groups is 1. The van der Waals surface area contributed by atoms with E-state index in [0.717, 1.165) is 12.0 Å².